The van der Waals surface area contributed by atoms with Crippen molar-refractivity contribution in [3.05, 3.63) is 23.8 Å². The summed E-state index contributed by atoms with van der Waals surface area (Å²) in [4.78, 5) is 4.59. The van der Waals surface area contributed by atoms with Crippen LogP contribution in [0.4, 0.5) is 5.82 Å². The van der Waals surface area contributed by atoms with E-state index in [2.05, 4.69) is 25.8 Å². The third kappa shape index (κ3) is 1.41. The van der Waals surface area contributed by atoms with E-state index in [-0.39, 0.29) is 0 Å². The number of hydrogen-bond donors (Lipinski definition) is 1. The molecule has 0 aliphatic heterocycles. The predicted octanol–water partition coefficient (Wildman–Crippen LogP) is 1.41. The highest BCUT2D eigenvalue weighted by molar-refractivity contribution is 5.84. The summed E-state index contributed by atoms with van der Waals surface area (Å²) < 4.78 is 1.72. The number of nitrogens with one attached hydrogen (secondary N) is 1. The molecular formula is C11H12N6. The second-order valence-corrected chi connectivity index (χ2v) is 3.85. The number of aromatic nitrogens is 5. The van der Waals surface area contributed by atoms with Crippen molar-refractivity contribution in [2.24, 2.45) is 0 Å². The van der Waals surface area contributed by atoms with Crippen molar-refractivity contribution in [1.29, 1.82) is 0 Å². The van der Waals surface area contributed by atoms with Gasteiger partial charge in [-0.25, -0.2) is 4.98 Å². The molecule has 3 rings (SSSR count). The molecule has 0 spiro atoms. The van der Waals surface area contributed by atoms with Crippen LogP contribution in [-0.2, 0) is 0 Å². The van der Waals surface area contributed by atoms with E-state index in [0.717, 1.165) is 29.0 Å². The van der Waals surface area contributed by atoms with Crippen LogP contribution in [0.2, 0.25) is 0 Å². The Kier molecular flexibility index (Phi) is 2.14. The van der Waals surface area contributed by atoms with E-state index >= 15 is 0 Å². The summed E-state index contributed by atoms with van der Waals surface area (Å²) >= 11 is 0. The third-order valence-corrected chi connectivity index (χ3v) is 2.69. The van der Waals surface area contributed by atoms with Gasteiger partial charge in [0.15, 0.2) is 5.82 Å². The number of aryl methyl sites for hydroxylation is 1. The molecule has 0 atom stereocenters. The van der Waals surface area contributed by atoms with Gasteiger partial charge in [0, 0.05) is 6.54 Å². The molecule has 86 valence electrons. The van der Waals surface area contributed by atoms with Gasteiger partial charge in [0.2, 0.25) is 5.65 Å². The number of rotatable bonds is 2. The molecule has 1 N–H and O–H groups in total. The Bertz CT molecular complexity index is 687. The molecule has 17 heavy (non-hydrogen) atoms. The first kappa shape index (κ1) is 9.95. The zero-order chi connectivity index (χ0) is 11.8. The number of anilines is 1. The Morgan fingerprint density at radius 3 is 3.06 bits per heavy atom. The molecule has 0 bridgehead atoms. The molecule has 2 heterocycles. The van der Waals surface area contributed by atoms with Gasteiger partial charge in [-0.2, -0.15) is 4.52 Å². The van der Waals surface area contributed by atoms with Crippen LogP contribution in [0.3, 0.4) is 0 Å². The summed E-state index contributed by atoms with van der Waals surface area (Å²) in [5.74, 6) is 0.722. The second-order valence-electron chi connectivity index (χ2n) is 3.85. The van der Waals surface area contributed by atoms with Gasteiger partial charge >= 0.3 is 0 Å². The normalized spacial score (nSPS) is 11.2. The minimum Gasteiger partial charge on any atom is -0.367 e. The number of tetrazole rings is 1. The van der Waals surface area contributed by atoms with E-state index in [1.54, 1.807) is 4.52 Å². The summed E-state index contributed by atoms with van der Waals surface area (Å²) in [5, 5.41) is 14.9. The molecule has 0 amide bonds. The van der Waals surface area contributed by atoms with E-state index in [0.29, 0.717) is 5.65 Å². The van der Waals surface area contributed by atoms with Crippen molar-refractivity contribution in [3.63, 3.8) is 0 Å². The Morgan fingerprint density at radius 1 is 1.35 bits per heavy atom. The second kappa shape index (κ2) is 3.65. The molecule has 1 aromatic carbocycles. The van der Waals surface area contributed by atoms with Crippen LogP contribution >= 0.6 is 0 Å². The fraction of sp³-hybridized carbons (Fsp3) is 0.273. The van der Waals surface area contributed by atoms with Crippen LogP contribution in [0, 0.1) is 6.92 Å². The van der Waals surface area contributed by atoms with Gasteiger partial charge in [0.25, 0.3) is 0 Å². The first-order valence-corrected chi connectivity index (χ1v) is 5.52. The van der Waals surface area contributed by atoms with Crippen molar-refractivity contribution in [2.75, 3.05) is 11.9 Å². The number of para-hydroxylation sites is 1. The van der Waals surface area contributed by atoms with Crippen molar-refractivity contribution < 1.29 is 0 Å². The van der Waals surface area contributed by atoms with Gasteiger partial charge in [-0.05, 0) is 35.9 Å². The molecule has 0 aliphatic carbocycles. The highest BCUT2D eigenvalue weighted by atomic mass is 15.5. The molecule has 0 saturated carbocycles. The summed E-state index contributed by atoms with van der Waals surface area (Å²) in [6.07, 6.45) is 0. The summed E-state index contributed by atoms with van der Waals surface area (Å²) in [6.45, 7) is 4.83. The molecular weight excluding hydrogens is 216 g/mol. The molecule has 2 aromatic heterocycles. The monoisotopic (exact) mass is 228 g/mol. The smallest absolute Gasteiger partial charge is 0.222 e. The summed E-state index contributed by atoms with van der Waals surface area (Å²) in [5.41, 5.74) is 3.61. The maximum absolute atomic E-state index is 4.59. The summed E-state index contributed by atoms with van der Waals surface area (Å²) in [7, 11) is 0. The van der Waals surface area contributed by atoms with E-state index in [1.165, 1.54) is 0 Å². The largest absolute Gasteiger partial charge is 0.367 e. The first-order valence-electron chi connectivity index (χ1n) is 5.52. The number of fused-ring (bicyclic) bond motifs is 3. The lowest BCUT2D eigenvalue weighted by atomic mass is 10.2. The van der Waals surface area contributed by atoms with Crippen LogP contribution < -0.4 is 5.32 Å². The lowest BCUT2D eigenvalue weighted by Crippen LogP contribution is -2.04. The van der Waals surface area contributed by atoms with Crippen molar-refractivity contribution >= 4 is 22.5 Å². The highest BCUT2D eigenvalue weighted by Crippen LogP contribution is 2.21. The van der Waals surface area contributed by atoms with Crippen LogP contribution in [-0.4, -0.2) is 31.6 Å². The van der Waals surface area contributed by atoms with Gasteiger partial charge in [-0.3, -0.25) is 0 Å². The quantitative estimate of drug-likeness (QED) is 0.718. The molecule has 0 fully saturated rings. The van der Waals surface area contributed by atoms with Crippen molar-refractivity contribution in [1.82, 2.24) is 25.0 Å². The highest BCUT2D eigenvalue weighted by Gasteiger charge is 2.11. The Balaban J connectivity index is 2.47. The van der Waals surface area contributed by atoms with E-state index in [4.69, 9.17) is 0 Å². The minimum atomic E-state index is 0.657. The molecule has 0 radical (unpaired) electrons. The number of hydrogen-bond acceptors (Lipinski definition) is 5. The maximum Gasteiger partial charge on any atom is 0.222 e. The van der Waals surface area contributed by atoms with Crippen molar-refractivity contribution in [2.45, 2.75) is 13.8 Å². The molecule has 0 unspecified atom stereocenters. The third-order valence-electron chi connectivity index (χ3n) is 2.69. The Labute approximate surface area is 97.7 Å². The lowest BCUT2D eigenvalue weighted by molar-refractivity contribution is 0.840. The van der Waals surface area contributed by atoms with Crippen LogP contribution in [0.5, 0.6) is 0 Å². The number of nitrogens with zero attached hydrogens (tertiary/aromatic N) is 5. The average Bonchev–Trinajstić information content (AvgIpc) is 2.80. The van der Waals surface area contributed by atoms with Crippen LogP contribution in [0.25, 0.3) is 16.7 Å². The molecule has 0 saturated heterocycles. The molecule has 6 nitrogen and oxygen atoms in total. The molecule has 0 aliphatic rings. The van der Waals surface area contributed by atoms with E-state index < -0.39 is 0 Å². The predicted molar refractivity (Wildman–Crippen MR) is 65.0 cm³/mol. The van der Waals surface area contributed by atoms with Crippen LogP contribution in [0.1, 0.15) is 12.5 Å². The fourth-order valence-corrected chi connectivity index (χ4v) is 1.90. The van der Waals surface area contributed by atoms with E-state index in [1.807, 2.05) is 32.0 Å². The van der Waals surface area contributed by atoms with Gasteiger partial charge in [0.1, 0.15) is 0 Å². The van der Waals surface area contributed by atoms with Gasteiger partial charge < -0.3 is 5.32 Å². The summed E-state index contributed by atoms with van der Waals surface area (Å²) in [6, 6.07) is 5.98. The topological polar surface area (TPSA) is 68.0 Å². The fourth-order valence-electron chi connectivity index (χ4n) is 1.90. The minimum absolute atomic E-state index is 0.657. The van der Waals surface area contributed by atoms with Gasteiger partial charge in [-0.1, -0.05) is 12.1 Å². The average molecular weight is 228 g/mol. The molecule has 3 aromatic rings. The van der Waals surface area contributed by atoms with Gasteiger partial charge in [-0.15, -0.1) is 5.10 Å². The first-order chi connectivity index (χ1) is 8.31. The standard InChI is InChI=1S/C11H12N6/c1-3-12-10-11-14-15-16-17(11)8-6-4-5-7(2)9(8)13-10/h4-6H,3H2,1-2H3,(H,12,13). The van der Waals surface area contributed by atoms with Gasteiger partial charge in [0.05, 0.1) is 11.0 Å². The van der Waals surface area contributed by atoms with Crippen molar-refractivity contribution in [3.8, 4) is 0 Å². The zero-order valence-corrected chi connectivity index (χ0v) is 9.68. The lowest BCUT2D eigenvalue weighted by Gasteiger charge is -2.07. The number of benzene rings is 1. The van der Waals surface area contributed by atoms with E-state index in [9.17, 15) is 0 Å². The van der Waals surface area contributed by atoms with Crippen LogP contribution in [0.15, 0.2) is 18.2 Å². The maximum atomic E-state index is 4.59. The Hall–Kier alpha value is -2.24. The SMILES string of the molecule is CCNc1nc2c(C)cccc2n2nnnc12. The molecule has 6 heteroatoms. The Morgan fingerprint density at radius 2 is 2.24 bits per heavy atom. The zero-order valence-electron chi connectivity index (χ0n) is 9.68.